The van der Waals surface area contributed by atoms with Gasteiger partial charge in [-0.1, -0.05) is 52.1 Å². The summed E-state index contributed by atoms with van der Waals surface area (Å²) < 4.78 is 33.2. The number of alkyl halides is 3. The van der Waals surface area contributed by atoms with Crippen LogP contribution in [0.15, 0.2) is 45.5 Å². The van der Waals surface area contributed by atoms with E-state index in [-0.39, 0.29) is 33.6 Å². The van der Waals surface area contributed by atoms with Gasteiger partial charge in [-0.25, -0.2) is 14.6 Å². The lowest BCUT2D eigenvalue weighted by atomic mass is 10.0. The molecule has 21 heteroatoms. The number of thioether (sulfide) groups is 3. The van der Waals surface area contributed by atoms with Gasteiger partial charge >= 0.3 is 24.1 Å². The number of pyridine rings is 1. The lowest BCUT2D eigenvalue weighted by Crippen LogP contribution is -2.70. The number of β-lactam (4-membered cyclic amide) rings is 1. The Morgan fingerprint density at radius 3 is 2.45 bits per heavy atom. The first-order valence-corrected chi connectivity index (χ1v) is 17.1. The SMILES string of the molecule is Nc1nc(SC/C=C/C2=C(C(=O)O)N3C(=O)[C@@H](NC(=O)CSc4cc(Cl)nc(Cl)c4)C3SC2)c2c([n+]1N)CCC2.O=C(O)C(F)(F)F. The second-order valence-corrected chi connectivity index (χ2v) is 13.7. The molecule has 0 aromatic carbocycles. The zero-order chi connectivity index (χ0) is 34.6. The number of nitrogens with one attached hydrogen (secondary N) is 1. The highest BCUT2D eigenvalue weighted by Gasteiger charge is 2.54. The Hall–Kier alpha value is -3.39. The number of halogens is 5. The lowest BCUT2D eigenvalue weighted by Gasteiger charge is -2.49. The Balaban J connectivity index is 0.000000644. The monoisotopic (exact) mass is 754 g/mol. The van der Waals surface area contributed by atoms with Gasteiger partial charge in [-0.15, -0.1) is 28.2 Å². The molecular formula is C26H25Cl2F3N7O6S3+. The number of fused-ring (bicyclic) bond motifs is 2. The van der Waals surface area contributed by atoms with Crippen molar-refractivity contribution in [1.82, 2.24) is 20.2 Å². The normalized spacial score (nSPS) is 18.7. The summed E-state index contributed by atoms with van der Waals surface area (Å²) in [7, 11) is 0. The van der Waals surface area contributed by atoms with Crippen LogP contribution in [0.2, 0.25) is 10.3 Å². The fourth-order valence-electron chi connectivity index (χ4n) is 4.69. The van der Waals surface area contributed by atoms with E-state index in [0.717, 1.165) is 35.5 Å². The van der Waals surface area contributed by atoms with Gasteiger partial charge in [0.2, 0.25) is 5.91 Å². The maximum atomic E-state index is 12.9. The highest BCUT2D eigenvalue weighted by molar-refractivity contribution is 8.00. The molecule has 1 aliphatic carbocycles. The summed E-state index contributed by atoms with van der Waals surface area (Å²) in [6.45, 7) is 0. The molecule has 5 rings (SSSR count). The maximum absolute atomic E-state index is 12.9. The van der Waals surface area contributed by atoms with E-state index in [0.29, 0.717) is 22.0 Å². The molecule has 4 heterocycles. The third-order valence-corrected chi connectivity index (χ3v) is 10.3. The van der Waals surface area contributed by atoms with Crippen molar-refractivity contribution in [1.29, 1.82) is 0 Å². The van der Waals surface area contributed by atoms with Crippen LogP contribution in [-0.4, -0.2) is 83.7 Å². The van der Waals surface area contributed by atoms with Gasteiger partial charge in [0.15, 0.2) is 5.03 Å². The molecule has 2 aromatic rings. The molecule has 1 unspecified atom stereocenters. The number of aromatic nitrogens is 3. The fourth-order valence-corrected chi connectivity index (χ4v) is 8.27. The summed E-state index contributed by atoms with van der Waals surface area (Å²) in [5.74, 6) is 2.42. The Morgan fingerprint density at radius 1 is 1.17 bits per heavy atom. The van der Waals surface area contributed by atoms with Crippen LogP contribution in [0.1, 0.15) is 17.7 Å². The minimum Gasteiger partial charge on any atom is -0.477 e. The number of nitrogens with two attached hydrogens (primary N) is 2. The maximum Gasteiger partial charge on any atom is 0.490 e. The molecule has 2 aliphatic heterocycles. The highest BCUT2D eigenvalue weighted by Crippen LogP contribution is 2.41. The molecule has 2 atom stereocenters. The molecule has 0 saturated carbocycles. The van der Waals surface area contributed by atoms with E-state index in [1.54, 1.807) is 18.2 Å². The van der Waals surface area contributed by atoms with E-state index in [1.807, 2.05) is 6.08 Å². The minimum atomic E-state index is -5.08. The molecule has 3 aliphatic rings. The fraction of sp³-hybridized carbons (Fsp3) is 0.346. The molecule has 0 bridgehead atoms. The molecule has 7 N–H and O–H groups in total. The van der Waals surface area contributed by atoms with Crippen molar-refractivity contribution in [3.05, 3.63) is 57.1 Å². The van der Waals surface area contributed by atoms with E-state index >= 15 is 0 Å². The van der Waals surface area contributed by atoms with E-state index in [9.17, 15) is 32.7 Å². The number of nitrogens with zero attached hydrogens (tertiary/aromatic N) is 4. The van der Waals surface area contributed by atoms with Crippen molar-refractivity contribution in [2.75, 3.05) is 28.8 Å². The number of rotatable bonds is 9. The van der Waals surface area contributed by atoms with E-state index in [4.69, 9.17) is 44.7 Å². The highest BCUT2D eigenvalue weighted by atomic mass is 35.5. The zero-order valence-corrected chi connectivity index (χ0v) is 27.8. The number of hydrogen-bond acceptors (Lipinski definition) is 11. The van der Waals surface area contributed by atoms with Gasteiger partial charge in [0.25, 0.3) is 5.91 Å². The lowest BCUT2D eigenvalue weighted by molar-refractivity contribution is -0.634. The third-order valence-electron chi connectivity index (χ3n) is 6.70. The molecule has 1 fully saturated rings. The summed E-state index contributed by atoms with van der Waals surface area (Å²) in [5, 5.41) is 20.5. The van der Waals surface area contributed by atoms with Gasteiger partial charge in [0.1, 0.15) is 33.1 Å². The molecular weight excluding hydrogens is 730 g/mol. The van der Waals surface area contributed by atoms with Crippen LogP contribution in [0.5, 0.6) is 0 Å². The quantitative estimate of drug-likeness (QED) is 0.0625. The zero-order valence-electron chi connectivity index (χ0n) is 23.8. The molecule has 47 heavy (non-hydrogen) atoms. The van der Waals surface area contributed by atoms with Crippen molar-refractivity contribution in [3.8, 4) is 0 Å². The molecule has 0 spiro atoms. The number of carbonyl (C=O) groups excluding carboxylic acids is 2. The minimum absolute atomic E-state index is 0.0293. The smallest absolute Gasteiger partial charge is 0.477 e. The van der Waals surface area contributed by atoms with Crippen molar-refractivity contribution in [2.45, 2.75) is 46.8 Å². The second kappa shape index (κ2) is 15.2. The summed E-state index contributed by atoms with van der Waals surface area (Å²) in [5.41, 5.74) is 8.51. The first kappa shape index (κ1) is 36.4. The first-order chi connectivity index (χ1) is 22.1. The molecule has 2 amide bonds. The van der Waals surface area contributed by atoms with E-state index in [1.165, 1.54) is 44.9 Å². The Kier molecular flexibility index (Phi) is 11.8. The van der Waals surface area contributed by atoms with Crippen LogP contribution >= 0.6 is 58.5 Å². The largest absolute Gasteiger partial charge is 0.490 e. The summed E-state index contributed by atoms with van der Waals surface area (Å²) >= 11 is 15.9. The number of carboxylic acids is 2. The molecule has 1 saturated heterocycles. The van der Waals surface area contributed by atoms with E-state index in [2.05, 4.69) is 15.3 Å². The average Bonchev–Trinajstić information content (AvgIpc) is 3.49. The van der Waals surface area contributed by atoms with Crippen LogP contribution in [0.3, 0.4) is 0 Å². The Morgan fingerprint density at radius 2 is 1.83 bits per heavy atom. The topological polar surface area (TPSA) is 206 Å². The number of allylic oxidation sites excluding steroid dienone is 1. The van der Waals surface area contributed by atoms with Crippen molar-refractivity contribution in [3.63, 3.8) is 0 Å². The van der Waals surface area contributed by atoms with Gasteiger partial charge in [0.05, 0.1) is 5.75 Å². The number of amides is 2. The summed E-state index contributed by atoms with van der Waals surface area (Å²) in [4.78, 5) is 56.7. The van der Waals surface area contributed by atoms with E-state index < -0.39 is 35.4 Å². The number of nitrogen functional groups attached to an aromatic ring is 2. The first-order valence-electron chi connectivity index (χ1n) is 13.3. The number of carboxylic acid groups (broad SMARTS) is 2. The van der Waals surface area contributed by atoms with Crippen molar-refractivity contribution >= 4 is 88.2 Å². The average molecular weight is 756 g/mol. The predicted octanol–water partition coefficient (Wildman–Crippen LogP) is 2.67. The molecule has 0 radical (unpaired) electrons. The summed E-state index contributed by atoms with van der Waals surface area (Å²) in [6.07, 6.45) is 1.24. The number of aliphatic carboxylic acids is 2. The Labute approximate surface area is 287 Å². The number of hydrogen-bond donors (Lipinski definition) is 5. The standard InChI is InChI=1S/C24H23Cl2N7O4S3.C2HF3O2/c25-15-7-12(8-16(26)29-15)39-10-17(34)30-18-21(35)32-19(23(36)37)11(9-40-22(18)32)3-2-6-38-20-13-4-1-5-14(13)33(28)24(27)31-20;3-2(4,5)1(6)7/h2-3,7-8,18,22,27H,1,4-6,9-10,28H2,(H2,30,34,36,37);(H,6,7)/p+1/b3-2+;/t18-,22?;/m1./s1. The third kappa shape index (κ3) is 8.75. The molecule has 13 nitrogen and oxygen atoms in total. The van der Waals surface area contributed by atoms with Gasteiger partial charge in [-0.2, -0.15) is 13.2 Å². The predicted molar refractivity (Wildman–Crippen MR) is 169 cm³/mol. The van der Waals surface area contributed by atoms with Crippen LogP contribution in [0.4, 0.5) is 19.1 Å². The van der Waals surface area contributed by atoms with Crippen LogP contribution < -0.4 is 21.6 Å². The number of anilines is 1. The van der Waals surface area contributed by atoms with Crippen LogP contribution in [-0.2, 0) is 32.0 Å². The number of carbonyl (C=O) groups is 4. The van der Waals surface area contributed by atoms with Crippen LogP contribution in [0, 0.1) is 0 Å². The second-order valence-electron chi connectivity index (χ2n) is 9.81. The molecule has 252 valence electrons. The van der Waals surface area contributed by atoms with Crippen molar-refractivity contribution in [2.24, 2.45) is 0 Å². The van der Waals surface area contributed by atoms with Gasteiger partial charge in [-0.05, 0) is 30.5 Å². The van der Waals surface area contributed by atoms with Crippen LogP contribution in [0.25, 0.3) is 0 Å². The van der Waals surface area contributed by atoms with Crippen molar-refractivity contribution < 1.29 is 47.2 Å². The van der Waals surface area contributed by atoms with Gasteiger partial charge < -0.3 is 15.5 Å². The Bertz CT molecular complexity index is 1660. The summed E-state index contributed by atoms with van der Waals surface area (Å²) in [6, 6.07) is 2.37. The molecule has 2 aromatic heterocycles. The van der Waals surface area contributed by atoms with Gasteiger partial charge in [-0.3, -0.25) is 26.1 Å². The van der Waals surface area contributed by atoms with Gasteiger partial charge in [0, 0.05) is 28.4 Å².